The van der Waals surface area contributed by atoms with Gasteiger partial charge in [-0.2, -0.15) is 0 Å². The zero-order chi connectivity index (χ0) is 26.0. The van der Waals surface area contributed by atoms with Crippen molar-refractivity contribution < 1.29 is 13.9 Å². The van der Waals surface area contributed by atoms with Crippen LogP contribution in [0.1, 0.15) is 54.6 Å². The zero-order valence-electron chi connectivity index (χ0n) is 21.4. The summed E-state index contributed by atoms with van der Waals surface area (Å²) in [6.07, 6.45) is 0.148. The van der Waals surface area contributed by atoms with Crippen molar-refractivity contribution in [2.45, 2.75) is 56.5 Å². The molecule has 0 bridgehead atoms. The van der Waals surface area contributed by atoms with E-state index in [1.165, 1.54) is 5.56 Å². The van der Waals surface area contributed by atoms with Crippen molar-refractivity contribution in [3.8, 4) is 0 Å². The molecule has 0 saturated carbocycles. The third-order valence-corrected chi connectivity index (χ3v) is 11.4. The fraction of sp³-hybridized carbons (Fsp3) is 0.500. The number of oxazole rings is 1. The van der Waals surface area contributed by atoms with Crippen LogP contribution in [0.5, 0.6) is 0 Å². The topological polar surface area (TPSA) is 105 Å². The molecule has 4 aliphatic rings. The van der Waals surface area contributed by atoms with Gasteiger partial charge in [-0.25, -0.2) is 4.98 Å². The Morgan fingerprint density at radius 2 is 1.54 bits per heavy atom. The Morgan fingerprint density at radius 3 is 2.24 bits per heavy atom. The van der Waals surface area contributed by atoms with E-state index in [0.29, 0.717) is 23.1 Å². The average Bonchev–Trinajstić information content (AvgIpc) is 3.23. The summed E-state index contributed by atoms with van der Waals surface area (Å²) in [6.45, 7) is 8.08. The van der Waals surface area contributed by atoms with Crippen molar-refractivity contribution >= 4 is 56.3 Å². The first-order valence-corrected chi connectivity index (χ1v) is 15.2. The standard InChI is InChI=1S/C26H29N5O3S3/c1-14-16(19(32)27-5)28-21(33-14)24(2)11-36-23(30-24)26(4)13-37-22(31-26)25(3)12-35-20(29-25)18-17(34-18)15-9-7-6-8-10-15/h6-10,17-18H,11-13H2,1-5H3,(H,27,32)/t17-,18+,24-,25-,26-/m0/s1. The molecule has 4 aliphatic heterocycles. The maximum Gasteiger partial charge on any atom is 0.273 e. The van der Waals surface area contributed by atoms with Crippen LogP contribution in [0.15, 0.2) is 49.7 Å². The van der Waals surface area contributed by atoms with Gasteiger partial charge in [0, 0.05) is 24.3 Å². The average molecular weight is 556 g/mol. The summed E-state index contributed by atoms with van der Waals surface area (Å²) in [4.78, 5) is 32.1. The van der Waals surface area contributed by atoms with Gasteiger partial charge in [-0.15, -0.1) is 35.3 Å². The highest BCUT2D eigenvalue weighted by atomic mass is 32.2. The van der Waals surface area contributed by atoms with Crippen LogP contribution in [0, 0.1) is 6.92 Å². The molecule has 1 fully saturated rings. The number of thioether (sulfide) groups is 3. The van der Waals surface area contributed by atoms with E-state index >= 15 is 0 Å². The maximum absolute atomic E-state index is 12.1. The summed E-state index contributed by atoms with van der Waals surface area (Å²) < 4.78 is 11.9. The van der Waals surface area contributed by atoms with Gasteiger partial charge < -0.3 is 14.5 Å². The number of nitrogens with zero attached hydrogens (tertiary/aromatic N) is 4. The number of epoxide rings is 1. The summed E-state index contributed by atoms with van der Waals surface area (Å²) in [5.41, 5.74) is 0.0852. The van der Waals surface area contributed by atoms with Gasteiger partial charge in [0.25, 0.3) is 5.91 Å². The van der Waals surface area contributed by atoms with Crippen molar-refractivity contribution in [1.29, 1.82) is 0 Å². The molecule has 0 radical (unpaired) electrons. The van der Waals surface area contributed by atoms with Crippen LogP contribution >= 0.6 is 35.3 Å². The van der Waals surface area contributed by atoms with E-state index in [2.05, 4.69) is 36.3 Å². The number of ether oxygens (including phenoxy) is 1. The molecule has 1 N–H and O–H groups in total. The van der Waals surface area contributed by atoms with E-state index in [1.807, 2.05) is 25.1 Å². The summed E-state index contributed by atoms with van der Waals surface area (Å²) in [7, 11) is 1.59. The van der Waals surface area contributed by atoms with E-state index in [9.17, 15) is 4.79 Å². The molecular weight excluding hydrogens is 527 g/mol. The molecule has 6 rings (SSSR count). The molecule has 1 amide bonds. The van der Waals surface area contributed by atoms with Gasteiger partial charge in [-0.05, 0) is 33.3 Å². The Labute approximate surface area is 229 Å². The van der Waals surface area contributed by atoms with Crippen LogP contribution in [0.2, 0.25) is 0 Å². The lowest BCUT2D eigenvalue weighted by molar-refractivity contribution is 0.0957. The molecule has 0 spiro atoms. The highest BCUT2D eigenvalue weighted by Gasteiger charge is 2.52. The molecule has 5 heterocycles. The van der Waals surface area contributed by atoms with Crippen molar-refractivity contribution in [1.82, 2.24) is 10.3 Å². The molecular formula is C26H29N5O3S3. The first-order chi connectivity index (χ1) is 17.6. The second-order valence-electron chi connectivity index (χ2n) is 10.4. The lowest BCUT2D eigenvalue weighted by Gasteiger charge is -2.21. The molecule has 5 atom stereocenters. The number of amides is 1. The number of aryl methyl sites for hydroxylation is 1. The third kappa shape index (κ3) is 4.37. The predicted octanol–water partition coefficient (Wildman–Crippen LogP) is 4.65. The van der Waals surface area contributed by atoms with E-state index in [0.717, 1.165) is 26.6 Å². The second-order valence-corrected chi connectivity index (χ2v) is 13.3. The van der Waals surface area contributed by atoms with Gasteiger partial charge in [-0.3, -0.25) is 19.8 Å². The van der Waals surface area contributed by atoms with Crippen molar-refractivity contribution in [3.05, 3.63) is 53.2 Å². The largest absolute Gasteiger partial charge is 0.442 e. The second kappa shape index (κ2) is 9.00. The number of carbonyl (C=O) groups excluding carboxylic acids is 1. The van der Waals surface area contributed by atoms with Gasteiger partial charge in [0.2, 0.25) is 5.89 Å². The van der Waals surface area contributed by atoms with E-state index in [1.54, 1.807) is 49.3 Å². The molecule has 2 aromatic rings. The Morgan fingerprint density at radius 1 is 0.919 bits per heavy atom. The molecule has 1 aromatic carbocycles. The Hall–Kier alpha value is -2.08. The fourth-order valence-electron chi connectivity index (χ4n) is 4.70. The summed E-state index contributed by atoms with van der Waals surface area (Å²) in [5.74, 6) is 3.08. The molecule has 37 heavy (non-hydrogen) atoms. The first kappa shape index (κ1) is 25.2. The van der Waals surface area contributed by atoms with Crippen LogP contribution in [0.4, 0.5) is 0 Å². The lowest BCUT2D eigenvalue weighted by atomic mass is 10.0. The minimum absolute atomic E-state index is 0.0482. The number of nitrogens with one attached hydrogen (secondary N) is 1. The molecule has 1 saturated heterocycles. The van der Waals surface area contributed by atoms with Crippen molar-refractivity contribution in [2.24, 2.45) is 15.0 Å². The highest BCUT2D eigenvalue weighted by Crippen LogP contribution is 2.49. The fourth-order valence-corrected chi connectivity index (χ4v) is 8.73. The molecule has 8 nitrogen and oxygen atoms in total. The number of aliphatic imine (C=N–C) groups is 3. The monoisotopic (exact) mass is 555 g/mol. The SMILES string of the molecule is CNC(=O)c1nc([C@]2(C)CSC([C@]3(C)CSC([C@]4(C)CSC([C@@H]5O[C@H]5c5ccccc5)=N4)=N3)=N2)oc1C. The highest BCUT2D eigenvalue weighted by molar-refractivity contribution is 8.17. The van der Waals surface area contributed by atoms with Crippen molar-refractivity contribution in [3.63, 3.8) is 0 Å². The lowest BCUT2D eigenvalue weighted by Crippen LogP contribution is -2.33. The van der Waals surface area contributed by atoms with Gasteiger partial charge in [0.15, 0.2) is 5.69 Å². The smallest absolute Gasteiger partial charge is 0.273 e. The summed E-state index contributed by atoms with van der Waals surface area (Å²) in [5, 5.41) is 5.71. The zero-order valence-corrected chi connectivity index (χ0v) is 23.9. The first-order valence-electron chi connectivity index (χ1n) is 12.2. The van der Waals surface area contributed by atoms with Gasteiger partial charge in [0.05, 0.1) is 10.1 Å². The minimum Gasteiger partial charge on any atom is -0.442 e. The summed E-state index contributed by atoms with van der Waals surface area (Å²) >= 11 is 5.25. The van der Waals surface area contributed by atoms with E-state index in [4.69, 9.17) is 24.1 Å². The number of aromatic nitrogens is 1. The number of hydrogen-bond donors (Lipinski definition) is 1. The summed E-state index contributed by atoms with van der Waals surface area (Å²) in [6, 6.07) is 10.3. The predicted molar refractivity (Wildman–Crippen MR) is 153 cm³/mol. The van der Waals surface area contributed by atoms with E-state index < -0.39 is 11.1 Å². The van der Waals surface area contributed by atoms with Gasteiger partial charge in [-0.1, -0.05) is 30.3 Å². The molecule has 0 unspecified atom stereocenters. The quantitative estimate of drug-likeness (QED) is 0.517. The minimum atomic E-state index is -0.642. The van der Waals surface area contributed by atoms with Crippen LogP contribution in [-0.4, -0.2) is 67.5 Å². The Balaban J connectivity index is 1.21. The van der Waals surface area contributed by atoms with Crippen LogP contribution in [-0.2, 0) is 10.3 Å². The molecule has 194 valence electrons. The number of hydrogen-bond acceptors (Lipinski definition) is 10. The van der Waals surface area contributed by atoms with Gasteiger partial charge in [0.1, 0.15) is 39.6 Å². The maximum atomic E-state index is 12.1. The normalized spacial score (nSPS) is 34.8. The molecule has 11 heteroatoms. The van der Waals surface area contributed by atoms with E-state index in [-0.39, 0.29) is 23.7 Å². The van der Waals surface area contributed by atoms with Crippen LogP contribution < -0.4 is 5.32 Å². The number of rotatable bonds is 6. The molecule has 1 aromatic heterocycles. The van der Waals surface area contributed by atoms with Crippen LogP contribution in [0.3, 0.4) is 0 Å². The Bertz CT molecular complexity index is 1360. The number of carbonyl (C=O) groups is 1. The van der Waals surface area contributed by atoms with Crippen molar-refractivity contribution in [2.75, 3.05) is 24.3 Å². The Kier molecular flexibility index (Phi) is 6.13. The van der Waals surface area contributed by atoms with Gasteiger partial charge >= 0.3 is 0 Å². The van der Waals surface area contributed by atoms with Crippen LogP contribution in [0.25, 0.3) is 0 Å². The number of benzene rings is 1. The third-order valence-electron chi connectivity index (χ3n) is 7.02. The molecule has 0 aliphatic carbocycles.